The maximum absolute atomic E-state index is 12.9. The number of nitrogens with zero attached hydrogens (tertiary/aromatic N) is 6. The van der Waals surface area contributed by atoms with Crippen LogP contribution >= 0.6 is 0 Å². The SMILES string of the molecule is COc1ccccc1C=NNC(=O)c1nnn(-c2nonc2N)c1-c1ccc(C)cc1. The third-order valence-corrected chi connectivity index (χ3v) is 4.42. The fourth-order valence-electron chi connectivity index (χ4n) is 2.88. The quantitative estimate of drug-likeness (QED) is 0.357. The van der Waals surface area contributed by atoms with Gasteiger partial charge in [-0.3, -0.25) is 4.79 Å². The lowest BCUT2D eigenvalue weighted by molar-refractivity contribution is 0.0950. The second-order valence-corrected chi connectivity index (χ2v) is 6.48. The molecule has 11 heteroatoms. The van der Waals surface area contributed by atoms with Crippen LogP contribution in [-0.4, -0.2) is 44.5 Å². The number of para-hydroxylation sites is 1. The van der Waals surface area contributed by atoms with Crippen molar-refractivity contribution in [3.05, 3.63) is 65.4 Å². The topological polar surface area (TPSA) is 146 Å². The number of aromatic nitrogens is 5. The number of nitrogens with one attached hydrogen (secondary N) is 1. The van der Waals surface area contributed by atoms with Crippen LogP contribution in [0.3, 0.4) is 0 Å². The van der Waals surface area contributed by atoms with Crippen LogP contribution in [0.4, 0.5) is 5.82 Å². The molecule has 2 heterocycles. The van der Waals surface area contributed by atoms with Crippen molar-refractivity contribution in [2.24, 2.45) is 5.10 Å². The van der Waals surface area contributed by atoms with Crippen molar-refractivity contribution in [3.63, 3.8) is 0 Å². The molecule has 0 radical (unpaired) electrons. The Kier molecular flexibility index (Phi) is 5.39. The molecular weight excluding hydrogens is 400 g/mol. The van der Waals surface area contributed by atoms with Crippen LogP contribution in [0.25, 0.3) is 17.1 Å². The number of hydrogen-bond acceptors (Lipinski definition) is 9. The maximum Gasteiger partial charge on any atom is 0.294 e. The first-order chi connectivity index (χ1) is 15.1. The molecule has 4 aromatic rings. The van der Waals surface area contributed by atoms with E-state index in [1.165, 1.54) is 10.9 Å². The smallest absolute Gasteiger partial charge is 0.294 e. The van der Waals surface area contributed by atoms with Gasteiger partial charge in [-0.25, -0.2) is 10.1 Å². The molecule has 0 saturated carbocycles. The monoisotopic (exact) mass is 418 g/mol. The number of amides is 1. The molecule has 31 heavy (non-hydrogen) atoms. The Morgan fingerprint density at radius 2 is 1.97 bits per heavy atom. The lowest BCUT2D eigenvalue weighted by Crippen LogP contribution is -2.19. The molecule has 4 rings (SSSR count). The van der Waals surface area contributed by atoms with Crippen molar-refractivity contribution >= 4 is 17.9 Å². The van der Waals surface area contributed by atoms with Crippen molar-refractivity contribution in [2.75, 3.05) is 12.8 Å². The van der Waals surface area contributed by atoms with Crippen LogP contribution in [-0.2, 0) is 0 Å². The number of hydrazone groups is 1. The molecule has 0 atom stereocenters. The van der Waals surface area contributed by atoms with E-state index in [1.807, 2.05) is 49.4 Å². The van der Waals surface area contributed by atoms with Gasteiger partial charge in [-0.1, -0.05) is 47.2 Å². The highest BCUT2D eigenvalue weighted by Crippen LogP contribution is 2.26. The molecule has 0 bridgehead atoms. The summed E-state index contributed by atoms with van der Waals surface area (Å²) in [4.78, 5) is 12.9. The molecule has 1 amide bonds. The van der Waals surface area contributed by atoms with Crippen molar-refractivity contribution in [2.45, 2.75) is 6.92 Å². The van der Waals surface area contributed by atoms with E-state index >= 15 is 0 Å². The first-order valence-electron chi connectivity index (χ1n) is 9.16. The summed E-state index contributed by atoms with van der Waals surface area (Å²) in [5, 5.41) is 19.4. The van der Waals surface area contributed by atoms with E-state index in [0.29, 0.717) is 22.6 Å². The third-order valence-electron chi connectivity index (χ3n) is 4.42. The predicted molar refractivity (Wildman–Crippen MR) is 112 cm³/mol. The highest BCUT2D eigenvalue weighted by molar-refractivity contribution is 5.99. The molecule has 2 aromatic carbocycles. The van der Waals surface area contributed by atoms with Gasteiger partial charge in [-0.2, -0.15) is 9.78 Å². The van der Waals surface area contributed by atoms with Gasteiger partial charge in [0.15, 0.2) is 5.69 Å². The second kappa shape index (κ2) is 8.45. The largest absolute Gasteiger partial charge is 0.496 e. The highest BCUT2D eigenvalue weighted by Gasteiger charge is 2.25. The summed E-state index contributed by atoms with van der Waals surface area (Å²) in [6, 6.07) is 14.8. The highest BCUT2D eigenvalue weighted by atomic mass is 16.6. The van der Waals surface area contributed by atoms with E-state index < -0.39 is 5.91 Å². The van der Waals surface area contributed by atoms with Crippen LogP contribution in [0.15, 0.2) is 58.3 Å². The van der Waals surface area contributed by atoms with Crippen LogP contribution in [0.5, 0.6) is 5.75 Å². The molecule has 11 nitrogen and oxygen atoms in total. The molecule has 0 aliphatic rings. The number of nitrogen functional groups attached to an aromatic ring is 1. The van der Waals surface area contributed by atoms with E-state index in [2.05, 4.69) is 35.8 Å². The summed E-state index contributed by atoms with van der Waals surface area (Å²) in [6.45, 7) is 1.96. The van der Waals surface area contributed by atoms with Gasteiger partial charge in [0.2, 0.25) is 11.6 Å². The minimum Gasteiger partial charge on any atom is -0.496 e. The molecular formula is C20H18N8O3. The van der Waals surface area contributed by atoms with Crippen LogP contribution in [0.2, 0.25) is 0 Å². The van der Waals surface area contributed by atoms with E-state index in [-0.39, 0.29) is 17.3 Å². The summed E-state index contributed by atoms with van der Waals surface area (Å²) in [5.74, 6) is 0.197. The number of carbonyl (C=O) groups excluding carboxylic acids is 1. The van der Waals surface area contributed by atoms with E-state index in [9.17, 15) is 4.79 Å². The molecule has 3 N–H and O–H groups in total. The van der Waals surface area contributed by atoms with Gasteiger partial charge in [0.25, 0.3) is 5.91 Å². The number of anilines is 1. The van der Waals surface area contributed by atoms with Gasteiger partial charge in [-0.05, 0) is 29.4 Å². The molecule has 0 fully saturated rings. The third kappa shape index (κ3) is 3.96. The van der Waals surface area contributed by atoms with E-state index in [0.717, 1.165) is 5.56 Å². The van der Waals surface area contributed by atoms with Crippen molar-refractivity contribution in [1.29, 1.82) is 0 Å². The number of methoxy groups -OCH3 is 1. The van der Waals surface area contributed by atoms with Crippen molar-refractivity contribution < 1.29 is 14.2 Å². The maximum atomic E-state index is 12.9. The van der Waals surface area contributed by atoms with Gasteiger partial charge < -0.3 is 10.5 Å². The number of carbonyl (C=O) groups is 1. The Bertz CT molecular complexity index is 1240. The van der Waals surface area contributed by atoms with Gasteiger partial charge in [0.1, 0.15) is 11.4 Å². The molecule has 2 aromatic heterocycles. The molecule has 0 spiro atoms. The average Bonchev–Trinajstić information content (AvgIpc) is 3.40. The zero-order valence-corrected chi connectivity index (χ0v) is 16.7. The van der Waals surface area contributed by atoms with Gasteiger partial charge in [0, 0.05) is 11.1 Å². The van der Waals surface area contributed by atoms with Gasteiger partial charge >= 0.3 is 0 Å². The Balaban J connectivity index is 1.68. The van der Waals surface area contributed by atoms with Crippen molar-refractivity contribution in [3.8, 4) is 22.8 Å². The number of aryl methyl sites for hydroxylation is 1. The van der Waals surface area contributed by atoms with Crippen molar-refractivity contribution in [1.82, 2.24) is 30.7 Å². The van der Waals surface area contributed by atoms with Crippen LogP contribution in [0.1, 0.15) is 21.6 Å². The van der Waals surface area contributed by atoms with Gasteiger partial charge in [-0.15, -0.1) is 5.10 Å². The lowest BCUT2D eigenvalue weighted by atomic mass is 10.1. The number of rotatable bonds is 6. The van der Waals surface area contributed by atoms with Gasteiger partial charge in [0.05, 0.1) is 13.3 Å². The molecule has 0 saturated heterocycles. The number of ether oxygens (including phenoxy) is 1. The standard InChI is InChI=1S/C20H18N8O3/c1-12-7-9-13(10-8-12)17-16(23-27-28(17)19-18(21)25-31-26-19)20(29)24-22-11-14-5-3-4-6-15(14)30-2/h3-11H,1-2H3,(H2,21,25)(H,24,29). The minimum absolute atomic E-state index is 0.0133. The van der Waals surface area contributed by atoms with Crippen LogP contribution in [0, 0.1) is 6.92 Å². The number of nitrogens with two attached hydrogens (primary N) is 1. The summed E-state index contributed by atoms with van der Waals surface area (Å²) in [5.41, 5.74) is 11.1. The zero-order valence-electron chi connectivity index (χ0n) is 16.7. The molecule has 0 unspecified atom stereocenters. The zero-order chi connectivity index (χ0) is 21.8. The van der Waals surface area contributed by atoms with E-state index in [4.69, 9.17) is 10.5 Å². The Morgan fingerprint density at radius 1 is 1.19 bits per heavy atom. The van der Waals surface area contributed by atoms with Crippen LogP contribution < -0.4 is 15.9 Å². The fourth-order valence-corrected chi connectivity index (χ4v) is 2.88. The minimum atomic E-state index is -0.567. The second-order valence-electron chi connectivity index (χ2n) is 6.48. The fraction of sp³-hybridized carbons (Fsp3) is 0.100. The first-order valence-corrected chi connectivity index (χ1v) is 9.16. The Hall–Kier alpha value is -4.54. The Labute approximate surface area is 176 Å². The summed E-state index contributed by atoms with van der Waals surface area (Å²) >= 11 is 0. The first kappa shape index (κ1) is 19.8. The summed E-state index contributed by atoms with van der Waals surface area (Å²) < 4.78 is 11.2. The number of hydrogen-bond donors (Lipinski definition) is 2. The average molecular weight is 418 g/mol. The molecule has 156 valence electrons. The summed E-state index contributed by atoms with van der Waals surface area (Å²) in [6.07, 6.45) is 1.48. The predicted octanol–water partition coefficient (Wildman–Crippen LogP) is 1.98. The van der Waals surface area contributed by atoms with E-state index in [1.54, 1.807) is 13.2 Å². The normalized spacial score (nSPS) is 11.0. The molecule has 0 aliphatic heterocycles. The number of benzene rings is 2. The summed E-state index contributed by atoms with van der Waals surface area (Å²) in [7, 11) is 1.56. The Morgan fingerprint density at radius 3 is 2.68 bits per heavy atom. The lowest BCUT2D eigenvalue weighted by Gasteiger charge is -2.06. The molecule has 0 aliphatic carbocycles.